The van der Waals surface area contributed by atoms with Crippen LogP contribution in [0.3, 0.4) is 0 Å². The van der Waals surface area contributed by atoms with Crippen LogP contribution in [-0.4, -0.2) is 38.1 Å². The van der Waals surface area contributed by atoms with Crippen molar-refractivity contribution in [1.82, 2.24) is 25.0 Å². The second-order valence-electron chi connectivity index (χ2n) is 7.80. The lowest BCUT2D eigenvalue weighted by Crippen LogP contribution is -2.37. The first kappa shape index (κ1) is 17.4. The van der Waals surface area contributed by atoms with E-state index < -0.39 is 5.54 Å². The third-order valence-electron chi connectivity index (χ3n) is 4.97. The zero-order valence-electron chi connectivity index (χ0n) is 15.5. The molecule has 3 aromatic heterocycles. The van der Waals surface area contributed by atoms with Crippen LogP contribution in [0.15, 0.2) is 17.9 Å². The summed E-state index contributed by atoms with van der Waals surface area (Å²) in [5.41, 5.74) is 8.79. The van der Waals surface area contributed by atoms with E-state index in [1.54, 1.807) is 17.7 Å². The molecule has 1 aliphatic heterocycles. The van der Waals surface area contributed by atoms with Gasteiger partial charge in [0.1, 0.15) is 17.8 Å². The highest BCUT2D eigenvalue weighted by atomic mass is 32.1. The number of rotatable bonds is 4. The summed E-state index contributed by atoms with van der Waals surface area (Å²) in [7, 11) is 0. The zero-order chi connectivity index (χ0) is 18.3. The smallest absolute Gasteiger partial charge is 0.150 e. The molecule has 0 aromatic carbocycles. The molecule has 26 heavy (non-hydrogen) atoms. The van der Waals surface area contributed by atoms with Crippen molar-refractivity contribution in [2.75, 3.05) is 18.0 Å². The zero-order valence-corrected chi connectivity index (χ0v) is 16.3. The van der Waals surface area contributed by atoms with Crippen molar-refractivity contribution < 1.29 is 0 Å². The van der Waals surface area contributed by atoms with E-state index in [9.17, 15) is 0 Å². The number of hydrogen-bond donors (Lipinski definition) is 1. The Morgan fingerprint density at radius 1 is 1.35 bits per heavy atom. The highest BCUT2D eigenvalue weighted by Crippen LogP contribution is 2.33. The Bertz CT molecular complexity index is 908. The van der Waals surface area contributed by atoms with Crippen molar-refractivity contribution in [1.29, 1.82) is 0 Å². The monoisotopic (exact) mass is 371 g/mol. The number of fused-ring (bicyclic) bond motifs is 1. The van der Waals surface area contributed by atoms with Crippen LogP contribution in [0.2, 0.25) is 0 Å². The summed E-state index contributed by atoms with van der Waals surface area (Å²) in [6, 6.07) is 0. The van der Waals surface area contributed by atoms with E-state index in [0.717, 1.165) is 43.1 Å². The van der Waals surface area contributed by atoms with Gasteiger partial charge in [-0.25, -0.2) is 9.97 Å². The first-order valence-electron chi connectivity index (χ1n) is 9.05. The third-order valence-corrected chi connectivity index (χ3v) is 6.06. The molecule has 0 saturated carbocycles. The highest BCUT2D eigenvalue weighted by molar-refractivity contribution is 7.18. The number of nitrogens with zero attached hydrogens (tertiary/aromatic N) is 6. The van der Waals surface area contributed by atoms with Crippen LogP contribution >= 0.6 is 11.3 Å². The molecule has 4 rings (SSSR count). The van der Waals surface area contributed by atoms with Gasteiger partial charge in [0, 0.05) is 19.6 Å². The molecule has 0 bridgehead atoms. The number of aryl methyl sites for hydroxylation is 1. The minimum atomic E-state index is -0.458. The summed E-state index contributed by atoms with van der Waals surface area (Å²) in [6.07, 6.45) is 6.01. The van der Waals surface area contributed by atoms with Crippen molar-refractivity contribution in [3.05, 3.63) is 29.2 Å². The molecule has 1 saturated heterocycles. The number of hydrogen-bond acceptors (Lipinski definition) is 7. The van der Waals surface area contributed by atoms with E-state index in [-0.39, 0.29) is 0 Å². The van der Waals surface area contributed by atoms with Gasteiger partial charge in [-0.1, -0.05) is 5.21 Å². The number of thiophene rings is 1. The van der Waals surface area contributed by atoms with Gasteiger partial charge in [-0.3, -0.25) is 4.68 Å². The molecule has 1 atom stereocenters. The predicted octanol–water partition coefficient (Wildman–Crippen LogP) is 2.70. The average molecular weight is 372 g/mol. The number of piperidine rings is 1. The van der Waals surface area contributed by atoms with E-state index in [1.807, 2.05) is 24.7 Å². The molecule has 2 N–H and O–H groups in total. The first-order valence-corrected chi connectivity index (χ1v) is 9.93. The fraction of sp³-hybridized carbons (Fsp3) is 0.556. The van der Waals surface area contributed by atoms with Gasteiger partial charge in [0.05, 0.1) is 22.0 Å². The quantitative estimate of drug-likeness (QED) is 0.759. The maximum Gasteiger partial charge on any atom is 0.150 e. The first-order chi connectivity index (χ1) is 12.4. The van der Waals surface area contributed by atoms with Gasteiger partial charge in [-0.05, 0) is 50.5 Å². The molecular formula is C18H25N7S. The van der Waals surface area contributed by atoms with Crippen molar-refractivity contribution in [3.63, 3.8) is 0 Å². The molecule has 0 radical (unpaired) electrons. The number of aromatic nitrogens is 5. The van der Waals surface area contributed by atoms with Crippen LogP contribution in [0.25, 0.3) is 10.2 Å². The van der Waals surface area contributed by atoms with E-state index in [2.05, 4.69) is 37.5 Å². The molecule has 1 fully saturated rings. The molecule has 7 nitrogen and oxygen atoms in total. The second kappa shape index (κ2) is 6.59. The van der Waals surface area contributed by atoms with Crippen LogP contribution in [-0.2, 0) is 12.1 Å². The molecule has 0 amide bonds. The lowest BCUT2D eigenvalue weighted by atomic mass is 9.98. The summed E-state index contributed by atoms with van der Waals surface area (Å²) < 4.78 is 3.13. The second-order valence-corrected chi connectivity index (χ2v) is 8.68. The van der Waals surface area contributed by atoms with Gasteiger partial charge in [-0.2, -0.15) is 0 Å². The molecule has 1 unspecified atom stereocenters. The Labute approximate surface area is 157 Å². The minimum absolute atomic E-state index is 0.458. The number of nitrogens with two attached hydrogens (primary N) is 1. The fourth-order valence-corrected chi connectivity index (χ4v) is 4.55. The Balaban J connectivity index is 1.51. The Hall–Kier alpha value is -2.06. The summed E-state index contributed by atoms with van der Waals surface area (Å²) in [6.45, 7) is 8.88. The maximum atomic E-state index is 6.12. The lowest BCUT2D eigenvalue weighted by molar-refractivity contribution is 0.347. The van der Waals surface area contributed by atoms with Gasteiger partial charge >= 0.3 is 0 Å². The van der Waals surface area contributed by atoms with Gasteiger partial charge in [0.25, 0.3) is 0 Å². The van der Waals surface area contributed by atoms with E-state index in [4.69, 9.17) is 5.73 Å². The number of anilines is 1. The summed E-state index contributed by atoms with van der Waals surface area (Å²) >= 11 is 1.74. The van der Waals surface area contributed by atoms with Crippen molar-refractivity contribution >= 4 is 27.4 Å². The Morgan fingerprint density at radius 3 is 2.96 bits per heavy atom. The SMILES string of the molecule is Cc1csc2c(N3CCCC(Cn4cc(C(C)(C)N)nn4)C3)ncnc12. The fourth-order valence-electron chi connectivity index (χ4n) is 3.54. The molecule has 138 valence electrons. The van der Waals surface area contributed by atoms with E-state index in [0.29, 0.717) is 5.92 Å². The minimum Gasteiger partial charge on any atom is -0.355 e. The predicted molar refractivity (Wildman–Crippen MR) is 104 cm³/mol. The maximum absolute atomic E-state index is 6.12. The molecule has 1 aliphatic rings. The summed E-state index contributed by atoms with van der Waals surface area (Å²) in [5.74, 6) is 1.59. The molecule has 3 aromatic rings. The van der Waals surface area contributed by atoms with Crippen LogP contribution in [0.5, 0.6) is 0 Å². The van der Waals surface area contributed by atoms with E-state index >= 15 is 0 Å². The molecule has 0 spiro atoms. The molecule has 4 heterocycles. The average Bonchev–Trinajstić information content (AvgIpc) is 3.22. The third kappa shape index (κ3) is 3.31. The Kier molecular flexibility index (Phi) is 4.40. The summed E-state index contributed by atoms with van der Waals surface area (Å²) in [5, 5.41) is 10.7. The van der Waals surface area contributed by atoms with Crippen molar-refractivity contribution in [3.8, 4) is 0 Å². The van der Waals surface area contributed by atoms with Gasteiger partial charge in [0.15, 0.2) is 0 Å². The van der Waals surface area contributed by atoms with Crippen LogP contribution in [0, 0.1) is 12.8 Å². The Morgan fingerprint density at radius 2 is 2.19 bits per heavy atom. The van der Waals surface area contributed by atoms with Crippen LogP contribution < -0.4 is 10.6 Å². The van der Waals surface area contributed by atoms with Crippen molar-refractivity contribution in [2.45, 2.75) is 45.7 Å². The standard InChI is InChI=1S/C18H25N7S/c1-12-10-26-16-15(12)20-11-21-17(16)24-6-4-5-13(7-24)8-25-9-14(22-23-25)18(2,3)19/h9-11,13H,4-8,19H2,1-3H3. The summed E-state index contributed by atoms with van der Waals surface area (Å²) in [4.78, 5) is 11.4. The largest absolute Gasteiger partial charge is 0.355 e. The molecular weight excluding hydrogens is 346 g/mol. The molecule has 0 aliphatic carbocycles. The highest BCUT2D eigenvalue weighted by Gasteiger charge is 2.25. The van der Waals surface area contributed by atoms with E-state index in [1.165, 1.54) is 16.7 Å². The van der Waals surface area contributed by atoms with Gasteiger partial charge < -0.3 is 10.6 Å². The topological polar surface area (TPSA) is 85.8 Å². The van der Waals surface area contributed by atoms with Crippen molar-refractivity contribution in [2.24, 2.45) is 11.7 Å². The normalized spacial score (nSPS) is 18.6. The van der Waals surface area contributed by atoms with Crippen LogP contribution in [0.1, 0.15) is 37.9 Å². The molecule has 8 heteroatoms. The van der Waals surface area contributed by atoms with Gasteiger partial charge in [0.2, 0.25) is 0 Å². The van der Waals surface area contributed by atoms with Gasteiger partial charge in [-0.15, -0.1) is 16.4 Å². The lowest BCUT2D eigenvalue weighted by Gasteiger charge is -2.33. The van der Waals surface area contributed by atoms with Crippen LogP contribution in [0.4, 0.5) is 5.82 Å².